The maximum Gasteiger partial charge on any atom is 0.243 e. The fourth-order valence-corrected chi connectivity index (χ4v) is 4.63. The number of morpholine rings is 1. The molecule has 0 aromatic heterocycles. The molecule has 2 heterocycles. The van der Waals surface area contributed by atoms with Crippen molar-refractivity contribution < 1.29 is 17.9 Å². The third-order valence-electron chi connectivity index (χ3n) is 5.16. The van der Waals surface area contributed by atoms with Gasteiger partial charge in [0, 0.05) is 25.6 Å². The molecule has 28 heavy (non-hydrogen) atoms. The van der Waals surface area contributed by atoms with Crippen molar-refractivity contribution in [2.45, 2.75) is 18.7 Å². The SMILES string of the molecule is CCNc1ccc(S(=O)(=O)N2CCOCC2)cc1NC(=O)C(C)C1CNC1.Cl. The summed E-state index contributed by atoms with van der Waals surface area (Å²) in [4.78, 5) is 12.8. The Labute approximate surface area is 172 Å². The monoisotopic (exact) mass is 432 g/mol. The highest BCUT2D eigenvalue weighted by molar-refractivity contribution is 7.89. The van der Waals surface area contributed by atoms with Crippen LogP contribution in [0, 0.1) is 11.8 Å². The van der Waals surface area contributed by atoms with Crippen LogP contribution in [0.25, 0.3) is 0 Å². The van der Waals surface area contributed by atoms with E-state index in [0.717, 1.165) is 13.1 Å². The van der Waals surface area contributed by atoms with Crippen LogP contribution < -0.4 is 16.0 Å². The van der Waals surface area contributed by atoms with E-state index in [-0.39, 0.29) is 29.1 Å². The second kappa shape index (κ2) is 9.89. The van der Waals surface area contributed by atoms with Gasteiger partial charge in [0.25, 0.3) is 0 Å². The molecule has 2 aliphatic rings. The van der Waals surface area contributed by atoms with Crippen LogP contribution in [0.2, 0.25) is 0 Å². The van der Waals surface area contributed by atoms with Gasteiger partial charge in [-0.1, -0.05) is 6.92 Å². The molecule has 2 saturated heterocycles. The first-order valence-electron chi connectivity index (χ1n) is 9.41. The van der Waals surface area contributed by atoms with Gasteiger partial charge in [0.15, 0.2) is 0 Å². The van der Waals surface area contributed by atoms with E-state index >= 15 is 0 Å². The fourth-order valence-electron chi connectivity index (χ4n) is 3.19. The number of nitrogens with zero attached hydrogens (tertiary/aromatic N) is 1. The van der Waals surface area contributed by atoms with Crippen molar-refractivity contribution in [2.24, 2.45) is 11.8 Å². The largest absolute Gasteiger partial charge is 0.384 e. The summed E-state index contributed by atoms with van der Waals surface area (Å²) < 4.78 is 32.5. The molecule has 1 unspecified atom stereocenters. The van der Waals surface area contributed by atoms with Gasteiger partial charge in [-0.2, -0.15) is 4.31 Å². The zero-order valence-electron chi connectivity index (χ0n) is 16.2. The number of ether oxygens (including phenoxy) is 1. The van der Waals surface area contributed by atoms with Crippen LogP contribution in [0.15, 0.2) is 23.1 Å². The molecular formula is C18H29ClN4O4S. The Kier molecular flexibility index (Phi) is 8.08. The van der Waals surface area contributed by atoms with Gasteiger partial charge in [-0.15, -0.1) is 12.4 Å². The molecule has 0 saturated carbocycles. The number of rotatable bonds is 7. The first-order chi connectivity index (χ1) is 12.9. The van der Waals surface area contributed by atoms with Crippen LogP contribution >= 0.6 is 12.4 Å². The zero-order valence-corrected chi connectivity index (χ0v) is 17.9. The van der Waals surface area contributed by atoms with Gasteiger partial charge >= 0.3 is 0 Å². The third-order valence-corrected chi connectivity index (χ3v) is 7.05. The number of hydrogen-bond donors (Lipinski definition) is 3. The summed E-state index contributed by atoms with van der Waals surface area (Å²) in [5.41, 5.74) is 1.21. The highest BCUT2D eigenvalue weighted by Crippen LogP contribution is 2.29. The number of carbonyl (C=O) groups is 1. The molecule has 0 spiro atoms. The molecule has 158 valence electrons. The van der Waals surface area contributed by atoms with Crippen molar-refractivity contribution in [1.29, 1.82) is 0 Å². The van der Waals surface area contributed by atoms with Crippen molar-refractivity contribution in [1.82, 2.24) is 9.62 Å². The van der Waals surface area contributed by atoms with Crippen LogP contribution in [0.1, 0.15) is 13.8 Å². The van der Waals surface area contributed by atoms with Gasteiger partial charge in [0.1, 0.15) is 0 Å². The summed E-state index contributed by atoms with van der Waals surface area (Å²) in [5.74, 6) is 0.0784. The summed E-state index contributed by atoms with van der Waals surface area (Å²) in [6, 6.07) is 4.84. The maximum atomic E-state index is 12.9. The predicted molar refractivity (Wildman–Crippen MR) is 112 cm³/mol. The van der Waals surface area contributed by atoms with Crippen LogP contribution in [0.4, 0.5) is 11.4 Å². The summed E-state index contributed by atoms with van der Waals surface area (Å²) in [6.45, 7) is 7.65. The molecule has 0 aliphatic carbocycles. The molecule has 2 aliphatic heterocycles. The average molecular weight is 433 g/mol. The molecule has 0 radical (unpaired) electrons. The van der Waals surface area contributed by atoms with Gasteiger partial charge < -0.3 is 20.7 Å². The van der Waals surface area contributed by atoms with E-state index in [4.69, 9.17) is 4.74 Å². The lowest BCUT2D eigenvalue weighted by molar-refractivity contribution is -0.121. The van der Waals surface area contributed by atoms with E-state index in [1.165, 1.54) is 4.31 Å². The smallest absolute Gasteiger partial charge is 0.243 e. The minimum Gasteiger partial charge on any atom is -0.384 e. The van der Waals surface area contributed by atoms with E-state index in [9.17, 15) is 13.2 Å². The lowest BCUT2D eigenvalue weighted by atomic mass is 9.88. The van der Waals surface area contributed by atoms with E-state index in [1.807, 2.05) is 13.8 Å². The molecule has 8 nitrogen and oxygen atoms in total. The molecule has 10 heteroatoms. The predicted octanol–water partition coefficient (Wildman–Crippen LogP) is 1.36. The Morgan fingerprint density at radius 3 is 2.54 bits per heavy atom. The van der Waals surface area contributed by atoms with Crippen LogP contribution in [0.3, 0.4) is 0 Å². The minimum absolute atomic E-state index is 0. The van der Waals surface area contributed by atoms with Gasteiger partial charge in [0.2, 0.25) is 15.9 Å². The summed E-state index contributed by atoms with van der Waals surface area (Å²) in [5, 5.41) is 9.27. The van der Waals surface area contributed by atoms with Gasteiger partial charge in [0.05, 0.1) is 29.5 Å². The summed E-state index contributed by atoms with van der Waals surface area (Å²) in [6.07, 6.45) is 0. The maximum absolute atomic E-state index is 12.9. The molecule has 1 atom stereocenters. The molecule has 3 N–H and O–H groups in total. The van der Waals surface area contributed by atoms with Gasteiger partial charge in [-0.05, 0) is 44.1 Å². The Morgan fingerprint density at radius 1 is 1.29 bits per heavy atom. The molecule has 2 fully saturated rings. The van der Waals surface area contributed by atoms with E-state index in [0.29, 0.717) is 50.1 Å². The van der Waals surface area contributed by atoms with E-state index in [2.05, 4.69) is 16.0 Å². The Morgan fingerprint density at radius 2 is 1.96 bits per heavy atom. The van der Waals surface area contributed by atoms with Crippen LogP contribution in [-0.4, -0.2) is 64.6 Å². The van der Waals surface area contributed by atoms with Crippen LogP contribution in [-0.2, 0) is 19.6 Å². The van der Waals surface area contributed by atoms with Crippen molar-refractivity contribution in [3.8, 4) is 0 Å². The second-order valence-electron chi connectivity index (χ2n) is 6.95. The molecule has 1 aromatic carbocycles. The number of anilines is 2. The Hall–Kier alpha value is -1.39. The number of halogens is 1. The van der Waals surface area contributed by atoms with Gasteiger partial charge in [-0.25, -0.2) is 8.42 Å². The lowest BCUT2D eigenvalue weighted by Gasteiger charge is -2.32. The Bertz CT molecular complexity index is 780. The minimum atomic E-state index is -3.62. The number of benzene rings is 1. The van der Waals surface area contributed by atoms with Crippen molar-refractivity contribution in [3.05, 3.63) is 18.2 Å². The summed E-state index contributed by atoms with van der Waals surface area (Å²) in [7, 11) is -3.62. The fraction of sp³-hybridized carbons (Fsp3) is 0.611. The van der Waals surface area contributed by atoms with Crippen molar-refractivity contribution >= 4 is 39.7 Å². The molecule has 1 amide bonds. The topological polar surface area (TPSA) is 99.8 Å². The summed E-state index contributed by atoms with van der Waals surface area (Å²) >= 11 is 0. The first-order valence-corrected chi connectivity index (χ1v) is 10.8. The van der Waals surface area contributed by atoms with Crippen molar-refractivity contribution in [3.63, 3.8) is 0 Å². The molecule has 3 rings (SSSR count). The van der Waals surface area contributed by atoms with Crippen molar-refractivity contribution in [2.75, 3.05) is 56.6 Å². The lowest BCUT2D eigenvalue weighted by Crippen LogP contribution is -2.48. The number of nitrogens with one attached hydrogen (secondary N) is 3. The normalized spacial score (nSPS) is 19.2. The highest BCUT2D eigenvalue weighted by atomic mass is 35.5. The standard InChI is InChI=1S/C18H28N4O4S.ClH/c1-3-20-16-5-4-15(27(24,25)22-6-8-26-9-7-22)10-17(16)21-18(23)13(2)14-11-19-12-14;/h4-5,10,13-14,19-20H,3,6-9,11-12H2,1-2H3,(H,21,23);1H. The number of amides is 1. The van der Waals surface area contributed by atoms with Gasteiger partial charge in [-0.3, -0.25) is 4.79 Å². The molecule has 1 aromatic rings. The average Bonchev–Trinajstić information content (AvgIpc) is 2.62. The molecule has 0 bridgehead atoms. The molecular weight excluding hydrogens is 404 g/mol. The number of carbonyl (C=O) groups excluding carboxylic acids is 1. The quantitative estimate of drug-likeness (QED) is 0.601. The van der Waals surface area contributed by atoms with Crippen LogP contribution in [0.5, 0.6) is 0 Å². The van der Waals surface area contributed by atoms with E-state index < -0.39 is 10.0 Å². The zero-order chi connectivity index (χ0) is 19.4. The number of hydrogen-bond acceptors (Lipinski definition) is 6. The van der Waals surface area contributed by atoms with E-state index in [1.54, 1.807) is 18.2 Å². The second-order valence-corrected chi connectivity index (χ2v) is 8.89. The third kappa shape index (κ3) is 4.96. The first kappa shape index (κ1) is 22.9. The number of sulfonamides is 1. The highest BCUT2D eigenvalue weighted by Gasteiger charge is 2.30. The Balaban J connectivity index is 0.00000280.